The van der Waals surface area contributed by atoms with E-state index in [1.54, 1.807) is 0 Å². The number of hydrogen-bond acceptors (Lipinski definition) is 0. The molecule has 0 fully saturated rings. The minimum absolute atomic E-state index is 1.26. The van der Waals surface area contributed by atoms with Crippen LogP contribution in [0, 0.1) is 12.8 Å². The van der Waals surface area contributed by atoms with Gasteiger partial charge in [-0.15, -0.1) is 12.8 Å². The zero-order valence-electron chi connectivity index (χ0n) is 11.2. The highest BCUT2D eigenvalue weighted by Crippen LogP contribution is 2.10. The quantitative estimate of drug-likeness (QED) is 0.424. The molecule has 17 heavy (non-hydrogen) atoms. The van der Waals surface area contributed by atoms with Crippen molar-refractivity contribution in [3.05, 3.63) is 35.9 Å². The molecular weight excluding hydrogens is 204 g/mol. The van der Waals surface area contributed by atoms with Gasteiger partial charge in [0.25, 0.3) is 0 Å². The first-order valence-electron chi connectivity index (χ1n) is 6.80. The average molecular weight is 230 g/mol. The Hall–Kier alpha value is -1.22. The largest absolute Gasteiger partial charge is 0.124 e. The lowest BCUT2D eigenvalue weighted by Crippen LogP contribution is -1.85. The van der Waals surface area contributed by atoms with Crippen LogP contribution < -0.4 is 0 Å². The smallest absolute Gasteiger partial charge is 0.0279 e. The first kappa shape index (κ1) is 15.8. The highest BCUT2D eigenvalue weighted by Gasteiger charge is 1.92. The Kier molecular flexibility index (Phi) is 11.9. The Morgan fingerprint density at radius 2 is 1.29 bits per heavy atom. The number of hydrogen-bond donors (Lipinski definition) is 0. The fraction of sp³-hybridized carbons (Fsp3) is 0.529. The van der Waals surface area contributed by atoms with E-state index in [4.69, 9.17) is 0 Å². The molecule has 0 aliphatic rings. The molecule has 0 nitrogen and oxygen atoms in total. The Balaban J connectivity index is 0.00000121. The summed E-state index contributed by atoms with van der Waals surface area (Å²) in [6.45, 7) is 2.27. The molecule has 0 bridgehead atoms. The van der Waals surface area contributed by atoms with Crippen LogP contribution in [0.3, 0.4) is 0 Å². The molecule has 0 heterocycles. The molecule has 1 rings (SSSR count). The molecule has 0 heteroatoms. The first-order valence-corrected chi connectivity index (χ1v) is 6.80. The monoisotopic (exact) mass is 230 g/mol. The van der Waals surface area contributed by atoms with E-state index in [0.29, 0.717) is 0 Å². The molecule has 0 radical (unpaired) electrons. The van der Waals surface area contributed by atoms with Crippen LogP contribution in [0.25, 0.3) is 0 Å². The summed E-state index contributed by atoms with van der Waals surface area (Å²) >= 11 is 0. The zero-order chi connectivity index (χ0) is 12.8. The van der Waals surface area contributed by atoms with Crippen LogP contribution in [-0.4, -0.2) is 0 Å². The van der Waals surface area contributed by atoms with E-state index >= 15 is 0 Å². The number of benzene rings is 1. The van der Waals surface area contributed by atoms with Gasteiger partial charge >= 0.3 is 0 Å². The third kappa shape index (κ3) is 9.69. The van der Waals surface area contributed by atoms with Crippen molar-refractivity contribution in [1.82, 2.24) is 0 Å². The Labute approximate surface area is 107 Å². The number of aryl methyl sites for hydroxylation is 1. The molecule has 0 amide bonds. The zero-order valence-corrected chi connectivity index (χ0v) is 11.2. The molecule has 0 saturated heterocycles. The fourth-order valence-corrected chi connectivity index (χ4v) is 1.93. The van der Waals surface area contributed by atoms with Crippen LogP contribution in [-0.2, 0) is 6.42 Å². The van der Waals surface area contributed by atoms with Crippen LogP contribution in [0.2, 0.25) is 0 Å². The molecule has 0 unspecified atom stereocenters. The van der Waals surface area contributed by atoms with Gasteiger partial charge in [-0.05, 0) is 18.4 Å². The normalized spacial score (nSPS) is 9.35. The second-order valence-corrected chi connectivity index (χ2v) is 4.36. The molecule has 0 N–H and O–H groups in total. The molecule has 0 atom stereocenters. The predicted molar refractivity (Wildman–Crippen MR) is 78.0 cm³/mol. The Morgan fingerprint density at radius 1 is 0.765 bits per heavy atom. The summed E-state index contributed by atoms with van der Waals surface area (Å²) < 4.78 is 0. The van der Waals surface area contributed by atoms with Gasteiger partial charge in [0.15, 0.2) is 0 Å². The van der Waals surface area contributed by atoms with Gasteiger partial charge < -0.3 is 0 Å². The molecule has 1 aromatic carbocycles. The van der Waals surface area contributed by atoms with Crippen molar-refractivity contribution in [2.45, 2.75) is 58.3 Å². The van der Waals surface area contributed by atoms with Gasteiger partial charge in [-0.3, -0.25) is 0 Å². The fourth-order valence-electron chi connectivity index (χ4n) is 1.93. The molecule has 0 aliphatic carbocycles. The van der Waals surface area contributed by atoms with Crippen molar-refractivity contribution in [1.29, 1.82) is 0 Å². The molecule has 0 spiro atoms. The Bertz CT molecular complexity index is 258. The van der Waals surface area contributed by atoms with E-state index in [2.05, 4.69) is 50.1 Å². The first-order chi connectivity index (χ1) is 8.43. The van der Waals surface area contributed by atoms with Gasteiger partial charge in [0.2, 0.25) is 0 Å². The molecule has 0 aromatic heterocycles. The lowest BCUT2D eigenvalue weighted by molar-refractivity contribution is 0.589. The summed E-state index contributed by atoms with van der Waals surface area (Å²) in [6, 6.07) is 10.8. The summed E-state index contributed by atoms with van der Waals surface area (Å²) in [4.78, 5) is 0. The summed E-state index contributed by atoms with van der Waals surface area (Å²) in [5, 5.41) is 0. The van der Waals surface area contributed by atoms with Gasteiger partial charge in [0, 0.05) is 0 Å². The SMILES string of the molecule is C#C.CCCCCCCCCc1ccccc1. The molecule has 1 aromatic rings. The van der Waals surface area contributed by atoms with Gasteiger partial charge in [-0.2, -0.15) is 0 Å². The highest BCUT2D eigenvalue weighted by molar-refractivity contribution is 5.14. The third-order valence-corrected chi connectivity index (χ3v) is 2.91. The predicted octanol–water partition coefficient (Wildman–Crippen LogP) is 5.23. The van der Waals surface area contributed by atoms with Crippen LogP contribution in [0.4, 0.5) is 0 Å². The van der Waals surface area contributed by atoms with Crippen molar-refractivity contribution in [2.75, 3.05) is 0 Å². The maximum absolute atomic E-state index is 4.00. The lowest BCUT2D eigenvalue weighted by atomic mass is 10.0. The molecule has 0 aliphatic heterocycles. The minimum atomic E-state index is 1.26. The number of terminal acetylenes is 1. The lowest BCUT2D eigenvalue weighted by Gasteiger charge is -2.01. The summed E-state index contributed by atoms with van der Waals surface area (Å²) in [5.74, 6) is 0. The average Bonchev–Trinajstić information content (AvgIpc) is 2.41. The van der Waals surface area contributed by atoms with Crippen molar-refractivity contribution < 1.29 is 0 Å². The van der Waals surface area contributed by atoms with Crippen LogP contribution in [0.15, 0.2) is 30.3 Å². The molecular formula is C17H26. The third-order valence-electron chi connectivity index (χ3n) is 2.91. The van der Waals surface area contributed by atoms with E-state index in [9.17, 15) is 0 Å². The van der Waals surface area contributed by atoms with E-state index < -0.39 is 0 Å². The van der Waals surface area contributed by atoms with Gasteiger partial charge in [-0.25, -0.2) is 0 Å². The molecule has 94 valence electrons. The van der Waals surface area contributed by atoms with Crippen LogP contribution in [0.1, 0.15) is 57.4 Å². The van der Waals surface area contributed by atoms with Gasteiger partial charge in [0.1, 0.15) is 0 Å². The van der Waals surface area contributed by atoms with Crippen LogP contribution >= 0.6 is 0 Å². The van der Waals surface area contributed by atoms with Crippen molar-refractivity contribution in [2.24, 2.45) is 0 Å². The number of rotatable bonds is 8. The summed E-state index contributed by atoms with van der Waals surface area (Å²) in [7, 11) is 0. The summed E-state index contributed by atoms with van der Waals surface area (Å²) in [5.41, 5.74) is 1.49. The second kappa shape index (κ2) is 12.8. The van der Waals surface area contributed by atoms with E-state index in [1.165, 1.54) is 56.9 Å². The van der Waals surface area contributed by atoms with E-state index in [1.807, 2.05) is 0 Å². The second-order valence-electron chi connectivity index (χ2n) is 4.36. The maximum atomic E-state index is 4.00. The highest BCUT2D eigenvalue weighted by atomic mass is 14.0. The summed E-state index contributed by atoms with van der Waals surface area (Å²) in [6.07, 6.45) is 19.1. The van der Waals surface area contributed by atoms with E-state index in [0.717, 1.165) is 0 Å². The maximum Gasteiger partial charge on any atom is -0.0279 e. The van der Waals surface area contributed by atoms with Crippen LogP contribution in [0.5, 0.6) is 0 Å². The van der Waals surface area contributed by atoms with Crippen molar-refractivity contribution in [3.8, 4) is 12.8 Å². The van der Waals surface area contributed by atoms with Gasteiger partial charge in [0.05, 0.1) is 0 Å². The van der Waals surface area contributed by atoms with Crippen molar-refractivity contribution in [3.63, 3.8) is 0 Å². The minimum Gasteiger partial charge on any atom is -0.124 e. The van der Waals surface area contributed by atoms with Crippen molar-refractivity contribution >= 4 is 0 Å². The Morgan fingerprint density at radius 3 is 1.88 bits per heavy atom. The number of unbranched alkanes of at least 4 members (excludes halogenated alkanes) is 6. The topological polar surface area (TPSA) is 0 Å². The standard InChI is InChI=1S/C15H24.C2H2/c1-2-3-4-5-6-7-9-12-15-13-10-8-11-14-15;1-2/h8,10-11,13-14H,2-7,9,12H2,1H3;1-2H. The van der Waals surface area contributed by atoms with Gasteiger partial charge in [-0.1, -0.05) is 75.8 Å². The van der Waals surface area contributed by atoms with E-state index in [-0.39, 0.29) is 0 Å². The molecule has 0 saturated carbocycles.